The third-order valence-electron chi connectivity index (χ3n) is 6.18. The van der Waals surface area contributed by atoms with E-state index in [-0.39, 0.29) is 5.75 Å². The lowest BCUT2D eigenvalue weighted by atomic mass is 10.0. The number of nitrogens with one attached hydrogen (secondary N) is 2. The Morgan fingerprint density at radius 1 is 0.950 bits per heavy atom. The summed E-state index contributed by atoms with van der Waals surface area (Å²) >= 11 is 6.92. The minimum absolute atomic E-state index is 0.273. The maximum absolute atomic E-state index is 13.4. The van der Waals surface area contributed by atoms with E-state index in [9.17, 15) is 9.59 Å². The van der Waals surface area contributed by atoms with Gasteiger partial charge in [-0.05, 0) is 70.9 Å². The number of rotatable bonds is 7. The van der Waals surface area contributed by atoms with Crippen molar-refractivity contribution in [1.82, 2.24) is 10.4 Å². The number of hydrazone groups is 1. The van der Waals surface area contributed by atoms with E-state index in [0.717, 1.165) is 32.1 Å². The molecule has 200 valence electrons. The van der Waals surface area contributed by atoms with Gasteiger partial charge in [0, 0.05) is 26.5 Å². The number of hydrogen-bond acceptors (Lipinski definition) is 5. The van der Waals surface area contributed by atoms with Crippen molar-refractivity contribution in [1.29, 1.82) is 0 Å². The Morgan fingerprint density at radius 3 is 2.42 bits per heavy atom. The van der Waals surface area contributed by atoms with Crippen LogP contribution in [0.3, 0.4) is 0 Å². The normalized spacial score (nSPS) is 11.1. The number of carbonyl (C=O) groups is 2. The summed E-state index contributed by atoms with van der Waals surface area (Å²) in [4.78, 5) is 29.4. The lowest BCUT2D eigenvalue weighted by Crippen LogP contribution is -2.19. The molecule has 0 bridgehead atoms. The predicted octanol–water partition coefficient (Wildman–Crippen LogP) is 7.66. The second kappa shape index (κ2) is 11.9. The van der Waals surface area contributed by atoms with E-state index in [1.807, 2.05) is 67.6 Å². The Balaban J connectivity index is 1.44. The van der Waals surface area contributed by atoms with Gasteiger partial charge in [0.15, 0.2) is 5.75 Å². The molecule has 0 aliphatic rings. The molecule has 0 atom stereocenters. The topological polar surface area (TPSA) is 92.8 Å². The maximum atomic E-state index is 13.4. The number of amides is 1. The fourth-order valence-electron chi connectivity index (χ4n) is 4.21. The van der Waals surface area contributed by atoms with Gasteiger partial charge >= 0.3 is 5.97 Å². The van der Waals surface area contributed by atoms with Crippen LogP contribution in [0.25, 0.3) is 22.0 Å². The van der Waals surface area contributed by atoms with Crippen LogP contribution in [0.4, 0.5) is 0 Å². The molecule has 40 heavy (non-hydrogen) atoms. The van der Waals surface area contributed by atoms with Crippen LogP contribution in [0.5, 0.6) is 11.5 Å². The van der Waals surface area contributed by atoms with Gasteiger partial charge in [-0.25, -0.2) is 10.2 Å². The van der Waals surface area contributed by atoms with Crippen LogP contribution >= 0.6 is 31.9 Å². The van der Waals surface area contributed by atoms with E-state index in [4.69, 9.17) is 9.47 Å². The Morgan fingerprint density at radius 2 is 1.70 bits per heavy atom. The first-order chi connectivity index (χ1) is 19.3. The third kappa shape index (κ3) is 5.85. The Kier molecular flexibility index (Phi) is 8.14. The molecule has 5 aromatic rings. The fraction of sp³-hybridized carbons (Fsp3) is 0.0645. The molecule has 0 saturated carbocycles. The molecule has 0 saturated heterocycles. The molecule has 5 rings (SSSR count). The van der Waals surface area contributed by atoms with Crippen LogP contribution in [0.2, 0.25) is 0 Å². The second-order valence-corrected chi connectivity index (χ2v) is 10.7. The van der Waals surface area contributed by atoms with Gasteiger partial charge in [0.25, 0.3) is 5.91 Å². The van der Waals surface area contributed by atoms with Crippen molar-refractivity contribution in [3.8, 4) is 22.6 Å². The minimum atomic E-state index is -0.511. The summed E-state index contributed by atoms with van der Waals surface area (Å²) in [6.45, 7) is 1.94. The average molecular weight is 661 g/mol. The molecule has 0 aliphatic heterocycles. The van der Waals surface area contributed by atoms with Crippen molar-refractivity contribution < 1.29 is 19.1 Å². The van der Waals surface area contributed by atoms with Gasteiger partial charge in [0.05, 0.1) is 23.4 Å². The highest BCUT2D eigenvalue weighted by Gasteiger charge is 2.20. The first-order valence-electron chi connectivity index (χ1n) is 12.2. The molecule has 1 heterocycles. The van der Waals surface area contributed by atoms with E-state index in [2.05, 4.69) is 47.4 Å². The largest absolute Gasteiger partial charge is 0.497 e. The van der Waals surface area contributed by atoms with Crippen LogP contribution in [-0.4, -0.2) is 30.2 Å². The summed E-state index contributed by atoms with van der Waals surface area (Å²) in [7, 11) is 1.60. The van der Waals surface area contributed by atoms with Gasteiger partial charge < -0.3 is 14.5 Å². The summed E-state index contributed by atoms with van der Waals surface area (Å²) in [5.74, 6) is 0.0105. The highest BCUT2D eigenvalue weighted by atomic mass is 79.9. The number of benzene rings is 4. The van der Waals surface area contributed by atoms with Crippen LogP contribution in [0, 0.1) is 6.92 Å². The fourth-order valence-corrected chi connectivity index (χ4v) is 5.55. The molecule has 1 amide bonds. The van der Waals surface area contributed by atoms with Crippen molar-refractivity contribution in [2.75, 3.05) is 7.11 Å². The molecular weight excluding hydrogens is 638 g/mol. The first-order valence-corrected chi connectivity index (χ1v) is 13.8. The SMILES string of the molecule is COc1ccc2[nH]c(C(=O)NN=Cc3cc(Br)cc(Br)c3OC(=O)c3ccc(C)cc3)c(-c3ccccc3)c2c1. The van der Waals surface area contributed by atoms with Crippen LogP contribution in [0.1, 0.15) is 32.0 Å². The second-order valence-electron chi connectivity index (χ2n) is 8.91. The molecule has 0 fully saturated rings. The number of methoxy groups -OCH3 is 1. The quantitative estimate of drug-likeness (QED) is 0.0811. The van der Waals surface area contributed by atoms with E-state index < -0.39 is 11.9 Å². The van der Waals surface area contributed by atoms with E-state index in [1.54, 1.807) is 31.4 Å². The van der Waals surface area contributed by atoms with Crippen molar-refractivity contribution >= 4 is 60.9 Å². The van der Waals surface area contributed by atoms with Crippen molar-refractivity contribution in [3.05, 3.63) is 116 Å². The molecule has 7 nitrogen and oxygen atoms in total. The molecule has 0 unspecified atom stereocenters. The first kappa shape index (κ1) is 27.4. The number of carbonyl (C=O) groups excluding carboxylic acids is 2. The third-order valence-corrected chi connectivity index (χ3v) is 7.23. The number of hydrogen-bond donors (Lipinski definition) is 2. The zero-order valence-electron chi connectivity index (χ0n) is 21.5. The van der Waals surface area contributed by atoms with Crippen molar-refractivity contribution in [2.24, 2.45) is 5.10 Å². The molecule has 4 aromatic carbocycles. The Labute approximate surface area is 247 Å². The summed E-state index contributed by atoms with van der Waals surface area (Å²) in [6, 6.07) is 25.8. The lowest BCUT2D eigenvalue weighted by Gasteiger charge is -2.11. The Hall–Kier alpha value is -4.21. The summed E-state index contributed by atoms with van der Waals surface area (Å²) in [5, 5.41) is 5.04. The van der Waals surface area contributed by atoms with E-state index >= 15 is 0 Å². The molecule has 0 spiro atoms. The van der Waals surface area contributed by atoms with E-state index in [0.29, 0.717) is 27.0 Å². The number of halogens is 2. The molecular formula is C31H23Br2N3O4. The Bertz CT molecular complexity index is 1750. The molecule has 0 radical (unpaired) electrons. The smallest absolute Gasteiger partial charge is 0.343 e. The number of esters is 1. The van der Waals surface area contributed by atoms with Gasteiger partial charge in [0.1, 0.15) is 11.4 Å². The van der Waals surface area contributed by atoms with Crippen LogP contribution in [0.15, 0.2) is 99.0 Å². The molecule has 9 heteroatoms. The molecule has 0 aliphatic carbocycles. The number of nitrogens with zero attached hydrogens (tertiary/aromatic N) is 1. The van der Waals surface area contributed by atoms with Crippen LogP contribution < -0.4 is 14.9 Å². The van der Waals surface area contributed by atoms with Crippen molar-refractivity contribution in [2.45, 2.75) is 6.92 Å². The number of aromatic nitrogens is 1. The number of fused-ring (bicyclic) bond motifs is 1. The molecule has 2 N–H and O–H groups in total. The minimum Gasteiger partial charge on any atom is -0.497 e. The maximum Gasteiger partial charge on any atom is 0.343 e. The van der Waals surface area contributed by atoms with Gasteiger partial charge in [-0.1, -0.05) is 64.0 Å². The highest BCUT2D eigenvalue weighted by Crippen LogP contribution is 2.35. The average Bonchev–Trinajstić information content (AvgIpc) is 3.34. The van der Waals surface area contributed by atoms with Gasteiger partial charge in [-0.2, -0.15) is 5.10 Å². The number of ether oxygens (including phenoxy) is 2. The summed E-state index contributed by atoms with van der Waals surface area (Å²) in [5.41, 5.74) is 7.28. The van der Waals surface area contributed by atoms with E-state index in [1.165, 1.54) is 6.21 Å². The monoisotopic (exact) mass is 659 g/mol. The van der Waals surface area contributed by atoms with Crippen LogP contribution in [-0.2, 0) is 0 Å². The van der Waals surface area contributed by atoms with Gasteiger partial charge in [0.2, 0.25) is 0 Å². The molecule has 1 aromatic heterocycles. The zero-order chi connectivity index (χ0) is 28.2. The summed E-state index contributed by atoms with van der Waals surface area (Å²) in [6.07, 6.45) is 1.43. The summed E-state index contributed by atoms with van der Waals surface area (Å²) < 4.78 is 12.4. The predicted molar refractivity (Wildman–Crippen MR) is 163 cm³/mol. The highest BCUT2D eigenvalue weighted by molar-refractivity contribution is 9.11. The van der Waals surface area contributed by atoms with Crippen molar-refractivity contribution in [3.63, 3.8) is 0 Å². The number of aromatic amines is 1. The van der Waals surface area contributed by atoms with Gasteiger partial charge in [-0.3, -0.25) is 4.79 Å². The number of H-pyrrole nitrogens is 1. The number of aryl methyl sites for hydroxylation is 1. The van der Waals surface area contributed by atoms with Gasteiger partial charge in [-0.15, -0.1) is 0 Å². The zero-order valence-corrected chi connectivity index (χ0v) is 24.7. The standard InChI is InChI=1S/C31H23Br2N3O4/c1-18-8-10-20(11-9-18)31(38)40-29-21(14-22(32)15-25(29)33)17-34-36-30(37)28-27(19-6-4-3-5-7-19)24-16-23(39-2)12-13-26(24)35-28/h3-17,35H,1-2H3,(H,36,37). The lowest BCUT2D eigenvalue weighted by molar-refractivity contribution is 0.0733.